The van der Waals surface area contributed by atoms with Crippen LogP contribution in [0, 0.1) is 5.92 Å². The Hall–Kier alpha value is -0.300. The van der Waals surface area contributed by atoms with E-state index in [4.69, 9.17) is 0 Å². The highest BCUT2D eigenvalue weighted by atomic mass is 14.8. The molecule has 64 valence electrons. The molecule has 11 heavy (non-hydrogen) atoms. The zero-order valence-electron chi connectivity index (χ0n) is 7.31. The minimum absolute atomic E-state index is 1.09. The molecular formula is C10H19N. The van der Waals surface area contributed by atoms with Gasteiger partial charge in [0.1, 0.15) is 0 Å². The summed E-state index contributed by atoms with van der Waals surface area (Å²) in [4.78, 5) is 0. The van der Waals surface area contributed by atoms with Crippen molar-refractivity contribution < 1.29 is 0 Å². The van der Waals surface area contributed by atoms with E-state index in [1.54, 1.807) is 0 Å². The first-order chi connectivity index (χ1) is 5.43. The molecule has 1 aliphatic rings. The molecule has 0 unspecified atom stereocenters. The zero-order valence-corrected chi connectivity index (χ0v) is 7.31. The van der Waals surface area contributed by atoms with E-state index in [-0.39, 0.29) is 0 Å². The predicted octanol–water partition coefficient (Wildman–Crippen LogP) is 2.34. The minimum Gasteiger partial charge on any atom is -0.316 e. The molecule has 1 N–H and O–H groups in total. The van der Waals surface area contributed by atoms with Crippen LogP contribution in [0.1, 0.15) is 32.1 Å². The first kappa shape index (κ1) is 8.79. The summed E-state index contributed by atoms with van der Waals surface area (Å²) in [5.74, 6) is 1.09. The standard InChI is InChI=1S/C10H19N/c1-2-3-8-11-9-4-5-10-6-7-10/h2,10-11H,1,3-9H2. The number of rotatable bonds is 7. The molecule has 1 nitrogen and oxygen atoms in total. The van der Waals surface area contributed by atoms with Gasteiger partial charge in [-0.05, 0) is 38.3 Å². The normalized spacial score (nSPS) is 16.7. The summed E-state index contributed by atoms with van der Waals surface area (Å²) < 4.78 is 0. The van der Waals surface area contributed by atoms with Gasteiger partial charge in [0.05, 0.1) is 0 Å². The maximum Gasteiger partial charge on any atom is -0.00144 e. The van der Waals surface area contributed by atoms with Crippen LogP contribution in [0.2, 0.25) is 0 Å². The van der Waals surface area contributed by atoms with E-state index < -0.39 is 0 Å². The fourth-order valence-corrected chi connectivity index (χ4v) is 1.25. The van der Waals surface area contributed by atoms with E-state index in [0.717, 1.165) is 18.9 Å². The van der Waals surface area contributed by atoms with Gasteiger partial charge in [-0.2, -0.15) is 0 Å². The molecule has 1 fully saturated rings. The third-order valence-corrected chi connectivity index (χ3v) is 2.19. The molecule has 0 aromatic carbocycles. The number of hydrogen-bond donors (Lipinski definition) is 1. The Balaban J connectivity index is 1.69. The van der Waals surface area contributed by atoms with Crippen LogP contribution in [0.4, 0.5) is 0 Å². The van der Waals surface area contributed by atoms with Gasteiger partial charge < -0.3 is 5.32 Å². The van der Waals surface area contributed by atoms with Crippen LogP contribution >= 0.6 is 0 Å². The van der Waals surface area contributed by atoms with Gasteiger partial charge >= 0.3 is 0 Å². The number of hydrogen-bond acceptors (Lipinski definition) is 1. The lowest BCUT2D eigenvalue weighted by molar-refractivity contribution is 0.597. The quantitative estimate of drug-likeness (QED) is 0.437. The van der Waals surface area contributed by atoms with Crippen molar-refractivity contribution >= 4 is 0 Å². The van der Waals surface area contributed by atoms with Gasteiger partial charge in [0, 0.05) is 0 Å². The Kier molecular flexibility index (Phi) is 4.29. The van der Waals surface area contributed by atoms with Crippen molar-refractivity contribution in [3.63, 3.8) is 0 Å². The predicted molar refractivity (Wildman–Crippen MR) is 49.6 cm³/mol. The first-order valence-corrected chi connectivity index (χ1v) is 4.75. The van der Waals surface area contributed by atoms with Crippen LogP contribution in [0.3, 0.4) is 0 Å². The second-order valence-corrected chi connectivity index (χ2v) is 3.41. The highest BCUT2D eigenvalue weighted by molar-refractivity contribution is 4.73. The van der Waals surface area contributed by atoms with Gasteiger partial charge in [-0.1, -0.05) is 18.9 Å². The van der Waals surface area contributed by atoms with Crippen molar-refractivity contribution in [1.29, 1.82) is 0 Å². The summed E-state index contributed by atoms with van der Waals surface area (Å²) in [6.07, 6.45) is 8.86. The monoisotopic (exact) mass is 153 g/mol. The van der Waals surface area contributed by atoms with E-state index in [0.29, 0.717) is 0 Å². The first-order valence-electron chi connectivity index (χ1n) is 4.75. The van der Waals surface area contributed by atoms with Gasteiger partial charge in [0.15, 0.2) is 0 Å². The average molecular weight is 153 g/mol. The summed E-state index contributed by atoms with van der Waals surface area (Å²) in [6.45, 7) is 5.98. The molecule has 0 spiro atoms. The van der Waals surface area contributed by atoms with Gasteiger partial charge in [-0.3, -0.25) is 0 Å². The Labute approximate surface area is 69.9 Å². The smallest absolute Gasteiger partial charge is 0.00144 e. The molecule has 0 aromatic heterocycles. The Morgan fingerprint density at radius 1 is 1.36 bits per heavy atom. The van der Waals surface area contributed by atoms with Crippen molar-refractivity contribution in [1.82, 2.24) is 5.32 Å². The summed E-state index contributed by atoms with van der Waals surface area (Å²) in [6, 6.07) is 0. The highest BCUT2D eigenvalue weighted by Gasteiger charge is 2.19. The maximum absolute atomic E-state index is 3.68. The summed E-state index contributed by atoms with van der Waals surface area (Å²) in [7, 11) is 0. The number of nitrogens with one attached hydrogen (secondary N) is 1. The molecule has 0 aromatic rings. The largest absolute Gasteiger partial charge is 0.316 e. The molecule has 0 saturated heterocycles. The Morgan fingerprint density at radius 3 is 2.82 bits per heavy atom. The van der Waals surface area contributed by atoms with Gasteiger partial charge in [-0.15, -0.1) is 6.58 Å². The van der Waals surface area contributed by atoms with Crippen LogP contribution < -0.4 is 5.32 Å². The van der Waals surface area contributed by atoms with Crippen LogP contribution in [-0.2, 0) is 0 Å². The lowest BCUT2D eigenvalue weighted by atomic mass is 10.2. The van der Waals surface area contributed by atoms with Crippen molar-refractivity contribution in [2.45, 2.75) is 32.1 Å². The molecule has 1 rings (SSSR count). The zero-order chi connectivity index (χ0) is 7.94. The molecular weight excluding hydrogens is 134 g/mol. The van der Waals surface area contributed by atoms with Crippen LogP contribution in [0.5, 0.6) is 0 Å². The van der Waals surface area contributed by atoms with E-state index in [9.17, 15) is 0 Å². The van der Waals surface area contributed by atoms with Gasteiger partial charge in [-0.25, -0.2) is 0 Å². The molecule has 1 heteroatoms. The summed E-state index contributed by atoms with van der Waals surface area (Å²) >= 11 is 0. The fourth-order valence-electron chi connectivity index (χ4n) is 1.25. The van der Waals surface area contributed by atoms with Crippen LogP contribution in [-0.4, -0.2) is 13.1 Å². The minimum atomic E-state index is 1.09. The van der Waals surface area contributed by atoms with E-state index >= 15 is 0 Å². The fraction of sp³-hybridized carbons (Fsp3) is 0.800. The van der Waals surface area contributed by atoms with Crippen LogP contribution in [0.25, 0.3) is 0 Å². The molecule has 0 heterocycles. The van der Waals surface area contributed by atoms with Crippen molar-refractivity contribution in [3.8, 4) is 0 Å². The third kappa shape index (κ3) is 5.02. The summed E-state index contributed by atoms with van der Waals surface area (Å²) in [5.41, 5.74) is 0. The van der Waals surface area contributed by atoms with E-state index in [1.165, 1.54) is 32.2 Å². The lowest BCUT2D eigenvalue weighted by Crippen LogP contribution is -2.16. The molecule has 0 radical (unpaired) electrons. The van der Waals surface area contributed by atoms with Gasteiger partial charge in [0.25, 0.3) is 0 Å². The molecule has 0 amide bonds. The molecule has 0 bridgehead atoms. The lowest BCUT2D eigenvalue weighted by Gasteiger charge is -2.00. The summed E-state index contributed by atoms with van der Waals surface area (Å²) in [5, 5.41) is 3.40. The molecule has 0 aliphatic heterocycles. The molecule has 0 atom stereocenters. The average Bonchev–Trinajstić information content (AvgIpc) is 2.80. The van der Waals surface area contributed by atoms with Crippen molar-refractivity contribution in [3.05, 3.63) is 12.7 Å². The topological polar surface area (TPSA) is 12.0 Å². The molecule has 1 aliphatic carbocycles. The van der Waals surface area contributed by atoms with Gasteiger partial charge in [0.2, 0.25) is 0 Å². The maximum atomic E-state index is 3.68. The second-order valence-electron chi connectivity index (χ2n) is 3.41. The Morgan fingerprint density at radius 2 is 2.18 bits per heavy atom. The van der Waals surface area contributed by atoms with Crippen LogP contribution in [0.15, 0.2) is 12.7 Å². The van der Waals surface area contributed by atoms with E-state index in [1.807, 2.05) is 6.08 Å². The molecule has 1 saturated carbocycles. The second kappa shape index (κ2) is 5.36. The van der Waals surface area contributed by atoms with E-state index in [2.05, 4.69) is 11.9 Å². The SMILES string of the molecule is C=CCCNCCCC1CC1. The van der Waals surface area contributed by atoms with Crippen molar-refractivity contribution in [2.75, 3.05) is 13.1 Å². The third-order valence-electron chi connectivity index (χ3n) is 2.19. The Bertz CT molecular complexity index is 105. The van der Waals surface area contributed by atoms with Crippen molar-refractivity contribution in [2.24, 2.45) is 5.92 Å². The highest BCUT2D eigenvalue weighted by Crippen LogP contribution is 2.33.